The van der Waals surface area contributed by atoms with Gasteiger partial charge in [0, 0.05) is 37.9 Å². The van der Waals surface area contributed by atoms with Gasteiger partial charge in [-0.25, -0.2) is 4.98 Å². The fourth-order valence-corrected chi connectivity index (χ4v) is 4.12. The number of hydrogen-bond donors (Lipinski definition) is 2. The zero-order valence-electron chi connectivity index (χ0n) is 14.7. The van der Waals surface area contributed by atoms with Crippen LogP contribution in [0, 0.1) is 6.92 Å². The molecule has 0 spiro atoms. The largest absolute Gasteiger partial charge is 0.369 e. The van der Waals surface area contributed by atoms with E-state index in [1.807, 2.05) is 11.8 Å². The Labute approximate surface area is 148 Å². The van der Waals surface area contributed by atoms with E-state index < -0.39 is 0 Å². The number of amides is 1. The Morgan fingerprint density at radius 2 is 1.92 bits per heavy atom. The van der Waals surface area contributed by atoms with Crippen molar-refractivity contribution in [3.63, 3.8) is 0 Å². The molecule has 3 N–H and O–H groups in total. The number of imidazole rings is 1. The fraction of sp³-hybridized carbons (Fsp3) is 0.474. The number of nitrogens with two attached hydrogens (primary N) is 1. The van der Waals surface area contributed by atoms with Gasteiger partial charge in [0.05, 0.1) is 0 Å². The standard InChI is InChI=1S/C19H25N5O/c1-13-17(22-19(20)21-13)18(25)24-10-8-23(9-11-24)16-7-6-14-4-2-3-5-15(14)12-16/h2-5,16H,6-12H2,1H3,(H3,20,21,22). The van der Waals surface area contributed by atoms with Gasteiger partial charge in [0.15, 0.2) is 11.6 Å². The van der Waals surface area contributed by atoms with E-state index in [0.717, 1.165) is 44.7 Å². The third-order valence-corrected chi connectivity index (χ3v) is 5.54. The van der Waals surface area contributed by atoms with Gasteiger partial charge in [-0.2, -0.15) is 0 Å². The van der Waals surface area contributed by atoms with Gasteiger partial charge in [0.1, 0.15) is 0 Å². The monoisotopic (exact) mass is 339 g/mol. The molecule has 1 unspecified atom stereocenters. The predicted octanol–water partition coefficient (Wildman–Crippen LogP) is 1.62. The van der Waals surface area contributed by atoms with E-state index >= 15 is 0 Å². The van der Waals surface area contributed by atoms with Crippen LogP contribution >= 0.6 is 0 Å². The highest BCUT2D eigenvalue weighted by Crippen LogP contribution is 2.25. The number of aromatic nitrogens is 2. The van der Waals surface area contributed by atoms with E-state index in [0.29, 0.717) is 17.7 Å². The van der Waals surface area contributed by atoms with Crippen LogP contribution in [0.4, 0.5) is 5.95 Å². The van der Waals surface area contributed by atoms with Gasteiger partial charge >= 0.3 is 0 Å². The number of nitrogen functional groups attached to an aromatic ring is 1. The summed E-state index contributed by atoms with van der Waals surface area (Å²) >= 11 is 0. The van der Waals surface area contributed by atoms with Crippen LogP contribution < -0.4 is 5.73 Å². The summed E-state index contributed by atoms with van der Waals surface area (Å²) in [5.74, 6) is 0.291. The van der Waals surface area contributed by atoms with Crippen molar-refractivity contribution in [2.75, 3.05) is 31.9 Å². The first-order valence-corrected chi connectivity index (χ1v) is 9.04. The first-order valence-electron chi connectivity index (χ1n) is 9.04. The summed E-state index contributed by atoms with van der Waals surface area (Å²) in [7, 11) is 0. The van der Waals surface area contributed by atoms with Crippen LogP contribution in [0.2, 0.25) is 0 Å². The van der Waals surface area contributed by atoms with Crippen LogP contribution in [0.25, 0.3) is 0 Å². The molecule has 1 amide bonds. The number of hydrogen-bond acceptors (Lipinski definition) is 4. The van der Waals surface area contributed by atoms with Crippen molar-refractivity contribution in [2.24, 2.45) is 0 Å². The Morgan fingerprint density at radius 3 is 2.60 bits per heavy atom. The lowest BCUT2D eigenvalue weighted by Gasteiger charge is -2.41. The summed E-state index contributed by atoms with van der Waals surface area (Å²) in [6.07, 6.45) is 3.49. The molecular weight excluding hydrogens is 314 g/mol. The molecule has 2 aromatic rings. The number of rotatable bonds is 2. The number of nitrogens with one attached hydrogen (secondary N) is 1. The van der Waals surface area contributed by atoms with Gasteiger partial charge < -0.3 is 15.6 Å². The first-order chi connectivity index (χ1) is 12.1. The molecule has 1 aromatic heterocycles. The summed E-state index contributed by atoms with van der Waals surface area (Å²) in [4.78, 5) is 24.1. The highest BCUT2D eigenvalue weighted by atomic mass is 16.2. The third-order valence-electron chi connectivity index (χ3n) is 5.54. The van der Waals surface area contributed by atoms with Crippen molar-refractivity contribution in [1.29, 1.82) is 0 Å². The highest BCUT2D eigenvalue weighted by molar-refractivity contribution is 5.93. The first kappa shape index (κ1) is 16.1. The maximum absolute atomic E-state index is 12.6. The fourth-order valence-electron chi connectivity index (χ4n) is 4.12. The third kappa shape index (κ3) is 3.14. The highest BCUT2D eigenvalue weighted by Gasteiger charge is 2.30. The second-order valence-corrected chi connectivity index (χ2v) is 7.09. The summed E-state index contributed by atoms with van der Waals surface area (Å²) in [5.41, 5.74) is 9.85. The van der Waals surface area contributed by atoms with Crippen LogP contribution in [0.5, 0.6) is 0 Å². The molecule has 0 saturated carbocycles. The predicted molar refractivity (Wildman–Crippen MR) is 97.5 cm³/mol. The number of piperazine rings is 1. The lowest BCUT2D eigenvalue weighted by atomic mass is 9.87. The normalized spacial score (nSPS) is 21.2. The zero-order chi connectivity index (χ0) is 17.4. The average Bonchev–Trinajstić information content (AvgIpc) is 2.99. The molecule has 6 nitrogen and oxygen atoms in total. The Bertz CT molecular complexity index is 776. The number of aryl methyl sites for hydroxylation is 2. The summed E-state index contributed by atoms with van der Waals surface area (Å²) in [6, 6.07) is 9.37. The maximum atomic E-state index is 12.6. The maximum Gasteiger partial charge on any atom is 0.274 e. The van der Waals surface area contributed by atoms with Crippen molar-refractivity contribution in [3.05, 3.63) is 46.8 Å². The second kappa shape index (κ2) is 6.52. The van der Waals surface area contributed by atoms with Crippen LogP contribution in [0.15, 0.2) is 24.3 Å². The minimum absolute atomic E-state index is 0.0147. The van der Waals surface area contributed by atoms with Gasteiger partial charge in [-0.15, -0.1) is 0 Å². The minimum atomic E-state index is -0.0147. The Balaban J connectivity index is 1.37. The molecule has 0 bridgehead atoms. The lowest BCUT2D eigenvalue weighted by molar-refractivity contribution is 0.0547. The smallest absolute Gasteiger partial charge is 0.274 e. The quantitative estimate of drug-likeness (QED) is 0.871. The van der Waals surface area contributed by atoms with Gasteiger partial charge in [0.25, 0.3) is 5.91 Å². The molecular formula is C19H25N5O. The van der Waals surface area contributed by atoms with Gasteiger partial charge in [-0.3, -0.25) is 9.69 Å². The topological polar surface area (TPSA) is 78.2 Å². The van der Waals surface area contributed by atoms with E-state index in [1.165, 1.54) is 17.5 Å². The van der Waals surface area contributed by atoms with Crippen molar-refractivity contribution in [1.82, 2.24) is 19.8 Å². The van der Waals surface area contributed by atoms with E-state index in [2.05, 4.69) is 39.1 Å². The molecule has 132 valence electrons. The molecule has 2 heterocycles. The summed E-state index contributed by atoms with van der Waals surface area (Å²) < 4.78 is 0. The van der Waals surface area contributed by atoms with Gasteiger partial charge in [0.2, 0.25) is 0 Å². The summed E-state index contributed by atoms with van der Waals surface area (Å²) in [5, 5.41) is 0. The zero-order valence-corrected chi connectivity index (χ0v) is 14.7. The number of anilines is 1. The van der Waals surface area contributed by atoms with Crippen LogP contribution in [-0.4, -0.2) is 57.9 Å². The SMILES string of the molecule is Cc1[nH]c(N)nc1C(=O)N1CCN(C2CCc3ccccc3C2)CC1. The molecule has 1 saturated heterocycles. The molecule has 6 heteroatoms. The van der Waals surface area contributed by atoms with E-state index in [9.17, 15) is 4.79 Å². The minimum Gasteiger partial charge on any atom is -0.369 e. The number of nitrogens with zero attached hydrogens (tertiary/aromatic N) is 3. The lowest BCUT2D eigenvalue weighted by Crippen LogP contribution is -2.53. The Morgan fingerprint density at radius 1 is 1.20 bits per heavy atom. The number of aromatic amines is 1. The number of benzene rings is 1. The number of H-pyrrole nitrogens is 1. The van der Waals surface area contributed by atoms with Crippen LogP contribution in [0.3, 0.4) is 0 Å². The molecule has 25 heavy (non-hydrogen) atoms. The van der Waals surface area contributed by atoms with Crippen LogP contribution in [-0.2, 0) is 12.8 Å². The van der Waals surface area contributed by atoms with Crippen LogP contribution in [0.1, 0.15) is 33.7 Å². The van der Waals surface area contributed by atoms with Crippen molar-refractivity contribution < 1.29 is 4.79 Å². The molecule has 2 aliphatic rings. The van der Waals surface area contributed by atoms with Crippen molar-refractivity contribution in [2.45, 2.75) is 32.2 Å². The van der Waals surface area contributed by atoms with Gasteiger partial charge in [-0.05, 0) is 37.3 Å². The van der Waals surface area contributed by atoms with Gasteiger partial charge in [-0.1, -0.05) is 24.3 Å². The average molecular weight is 339 g/mol. The molecule has 1 aromatic carbocycles. The number of carbonyl (C=O) groups is 1. The molecule has 1 aliphatic carbocycles. The molecule has 0 radical (unpaired) electrons. The van der Waals surface area contributed by atoms with E-state index in [-0.39, 0.29) is 5.91 Å². The van der Waals surface area contributed by atoms with Crippen molar-refractivity contribution in [3.8, 4) is 0 Å². The number of carbonyl (C=O) groups excluding carboxylic acids is 1. The Hall–Kier alpha value is -2.34. The van der Waals surface area contributed by atoms with E-state index in [1.54, 1.807) is 0 Å². The molecule has 1 fully saturated rings. The molecule has 4 rings (SSSR count). The Kier molecular flexibility index (Phi) is 4.21. The second-order valence-electron chi connectivity index (χ2n) is 7.09. The molecule has 1 atom stereocenters. The molecule has 1 aliphatic heterocycles. The van der Waals surface area contributed by atoms with E-state index in [4.69, 9.17) is 5.73 Å². The summed E-state index contributed by atoms with van der Waals surface area (Å²) in [6.45, 7) is 5.20. The van der Waals surface area contributed by atoms with Crippen molar-refractivity contribution >= 4 is 11.9 Å². The number of fused-ring (bicyclic) bond motifs is 1.